The van der Waals surface area contributed by atoms with Crippen molar-refractivity contribution in [1.29, 1.82) is 0 Å². The van der Waals surface area contributed by atoms with Crippen LogP contribution in [0.4, 0.5) is 4.79 Å². The van der Waals surface area contributed by atoms with Crippen LogP contribution in [0.15, 0.2) is 30.3 Å². The molecule has 0 saturated heterocycles. The summed E-state index contributed by atoms with van der Waals surface area (Å²) in [7, 11) is 0. The molecule has 1 aromatic carbocycles. The highest BCUT2D eigenvalue weighted by molar-refractivity contribution is 5.73. The lowest BCUT2D eigenvalue weighted by Gasteiger charge is -2.18. The quantitative estimate of drug-likeness (QED) is 0.788. The molecule has 0 radical (unpaired) electrons. The minimum atomic E-state index is -0.559. The number of alkyl carbamates (subject to hydrolysis) is 1. The number of amides is 1. The van der Waals surface area contributed by atoms with Crippen LogP contribution in [0.1, 0.15) is 25.8 Å². The minimum absolute atomic E-state index is 0.103. The van der Waals surface area contributed by atoms with Gasteiger partial charge in [-0.05, 0) is 11.5 Å². The van der Waals surface area contributed by atoms with Crippen LogP contribution in [0.2, 0.25) is 0 Å². The van der Waals surface area contributed by atoms with Gasteiger partial charge in [0.2, 0.25) is 0 Å². The summed E-state index contributed by atoms with van der Waals surface area (Å²) in [5.41, 5.74) is 0.916. The molecule has 0 bridgehead atoms. The molecule has 0 heterocycles. The van der Waals surface area contributed by atoms with Gasteiger partial charge in [0.05, 0.1) is 6.04 Å². The molecule has 18 heavy (non-hydrogen) atoms. The third-order valence-electron chi connectivity index (χ3n) is 2.90. The van der Waals surface area contributed by atoms with Gasteiger partial charge in [-0.1, -0.05) is 50.6 Å². The smallest absolute Gasteiger partial charge is 0.408 e. The Morgan fingerprint density at radius 3 is 2.61 bits per heavy atom. The van der Waals surface area contributed by atoms with E-state index in [9.17, 15) is 9.59 Å². The normalized spacial score (nSPS) is 13.4. The molecule has 0 aliphatic rings. The van der Waals surface area contributed by atoms with E-state index in [0.717, 1.165) is 18.3 Å². The molecule has 0 unspecified atom stereocenters. The average Bonchev–Trinajstić information content (AvgIpc) is 2.42. The van der Waals surface area contributed by atoms with Crippen LogP contribution in [0.5, 0.6) is 0 Å². The Kier molecular flexibility index (Phi) is 5.91. The second-order valence-electron chi connectivity index (χ2n) is 4.25. The molecule has 0 aromatic heterocycles. The molecule has 0 spiro atoms. The van der Waals surface area contributed by atoms with Crippen LogP contribution < -0.4 is 5.32 Å². The molecule has 0 fully saturated rings. The molecule has 1 amide bonds. The maximum absolute atomic E-state index is 11.5. The average molecular weight is 249 g/mol. The minimum Gasteiger partial charge on any atom is -0.445 e. The number of carbonyl (C=O) groups is 2. The lowest BCUT2D eigenvalue weighted by molar-refractivity contribution is -0.110. The highest BCUT2D eigenvalue weighted by Crippen LogP contribution is 2.06. The van der Waals surface area contributed by atoms with Gasteiger partial charge in [0.1, 0.15) is 12.9 Å². The van der Waals surface area contributed by atoms with E-state index in [1.165, 1.54) is 0 Å². The van der Waals surface area contributed by atoms with E-state index in [1.54, 1.807) is 0 Å². The second-order valence-corrected chi connectivity index (χ2v) is 4.25. The van der Waals surface area contributed by atoms with Gasteiger partial charge in [-0.15, -0.1) is 0 Å². The third kappa shape index (κ3) is 4.57. The Morgan fingerprint density at radius 2 is 2.06 bits per heavy atom. The van der Waals surface area contributed by atoms with E-state index < -0.39 is 12.1 Å². The van der Waals surface area contributed by atoms with Crippen LogP contribution in [0.25, 0.3) is 0 Å². The molecule has 4 nitrogen and oxygen atoms in total. The van der Waals surface area contributed by atoms with Gasteiger partial charge in [0.15, 0.2) is 0 Å². The van der Waals surface area contributed by atoms with Crippen molar-refractivity contribution in [2.45, 2.75) is 32.9 Å². The first-order valence-electron chi connectivity index (χ1n) is 6.09. The van der Waals surface area contributed by atoms with Gasteiger partial charge in [-0.25, -0.2) is 4.79 Å². The summed E-state index contributed by atoms with van der Waals surface area (Å²) in [5, 5.41) is 2.56. The van der Waals surface area contributed by atoms with Crippen molar-refractivity contribution >= 4 is 12.4 Å². The van der Waals surface area contributed by atoms with E-state index in [1.807, 2.05) is 44.2 Å². The molecular formula is C14H19NO3. The standard InChI is InChI=1S/C14H19NO3/c1-3-11(2)13(9-16)15-14(17)18-10-12-7-5-4-6-8-12/h4-9,11,13H,3,10H2,1-2H3,(H,15,17)/t11-,13+/m1/s1. The van der Waals surface area contributed by atoms with Crippen LogP contribution >= 0.6 is 0 Å². The van der Waals surface area contributed by atoms with Gasteiger partial charge in [0, 0.05) is 0 Å². The summed E-state index contributed by atoms with van der Waals surface area (Å²) in [6.45, 7) is 4.09. The Hall–Kier alpha value is -1.84. The molecule has 1 aromatic rings. The SMILES string of the molecule is CC[C@@H](C)[C@H](C=O)NC(=O)OCc1ccccc1. The maximum atomic E-state index is 11.5. The maximum Gasteiger partial charge on any atom is 0.408 e. The Labute approximate surface area is 107 Å². The zero-order valence-corrected chi connectivity index (χ0v) is 10.8. The molecule has 1 N–H and O–H groups in total. The molecule has 98 valence electrons. The van der Waals surface area contributed by atoms with Crippen LogP contribution in [0, 0.1) is 5.92 Å². The number of ether oxygens (including phenoxy) is 1. The lowest BCUT2D eigenvalue weighted by Crippen LogP contribution is -2.40. The van der Waals surface area contributed by atoms with Crippen LogP contribution in [-0.4, -0.2) is 18.4 Å². The predicted molar refractivity (Wildman–Crippen MR) is 69.1 cm³/mol. The van der Waals surface area contributed by atoms with Crippen LogP contribution in [-0.2, 0) is 16.1 Å². The summed E-state index contributed by atoms with van der Waals surface area (Å²) < 4.78 is 5.05. The molecular weight excluding hydrogens is 230 g/mol. The number of nitrogens with one attached hydrogen (secondary N) is 1. The fourth-order valence-corrected chi connectivity index (χ4v) is 1.47. The highest BCUT2D eigenvalue weighted by Gasteiger charge is 2.17. The number of aldehydes is 1. The number of hydrogen-bond donors (Lipinski definition) is 1. The summed E-state index contributed by atoms with van der Waals surface area (Å²) in [6.07, 6.45) is 1.01. The fraction of sp³-hybridized carbons (Fsp3) is 0.429. The van der Waals surface area contributed by atoms with Crippen molar-refractivity contribution in [3.05, 3.63) is 35.9 Å². The molecule has 4 heteroatoms. The molecule has 0 aliphatic heterocycles. The largest absolute Gasteiger partial charge is 0.445 e. The molecule has 2 atom stereocenters. The Bertz CT molecular complexity index is 378. The van der Waals surface area contributed by atoms with Gasteiger partial charge in [0.25, 0.3) is 0 Å². The van der Waals surface area contributed by atoms with E-state index >= 15 is 0 Å². The molecule has 0 aliphatic carbocycles. The first-order valence-corrected chi connectivity index (χ1v) is 6.09. The molecule has 0 saturated carbocycles. The number of carbonyl (C=O) groups excluding carboxylic acids is 2. The van der Waals surface area contributed by atoms with E-state index in [4.69, 9.17) is 4.74 Å². The summed E-state index contributed by atoms with van der Waals surface area (Å²) >= 11 is 0. The number of rotatable bonds is 6. The van der Waals surface area contributed by atoms with E-state index in [0.29, 0.717) is 0 Å². The summed E-state index contributed by atoms with van der Waals surface area (Å²) in [6, 6.07) is 8.92. The van der Waals surface area contributed by atoms with E-state index in [-0.39, 0.29) is 12.5 Å². The van der Waals surface area contributed by atoms with Crippen molar-refractivity contribution in [2.75, 3.05) is 0 Å². The zero-order valence-electron chi connectivity index (χ0n) is 10.8. The zero-order chi connectivity index (χ0) is 13.4. The number of benzene rings is 1. The monoisotopic (exact) mass is 249 g/mol. The van der Waals surface area contributed by atoms with Crippen molar-refractivity contribution in [2.24, 2.45) is 5.92 Å². The van der Waals surface area contributed by atoms with Gasteiger partial charge in [-0.2, -0.15) is 0 Å². The third-order valence-corrected chi connectivity index (χ3v) is 2.90. The Balaban J connectivity index is 2.39. The second kappa shape index (κ2) is 7.48. The van der Waals surface area contributed by atoms with Gasteiger partial charge < -0.3 is 14.8 Å². The molecule has 1 rings (SSSR count). The summed E-state index contributed by atoms with van der Waals surface area (Å²) in [5.74, 6) is 0.103. The van der Waals surface area contributed by atoms with Crippen molar-refractivity contribution in [3.8, 4) is 0 Å². The summed E-state index contributed by atoms with van der Waals surface area (Å²) in [4.78, 5) is 22.4. The number of hydrogen-bond acceptors (Lipinski definition) is 3. The Morgan fingerprint density at radius 1 is 1.39 bits per heavy atom. The first-order chi connectivity index (χ1) is 8.67. The predicted octanol–water partition coefficient (Wildman–Crippen LogP) is 2.53. The van der Waals surface area contributed by atoms with Crippen LogP contribution in [0.3, 0.4) is 0 Å². The van der Waals surface area contributed by atoms with E-state index in [2.05, 4.69) is 5.32 Å². The van der Waals surface area contributed by atoms with Crippen molar-refractivity contribution < 1.29 is 14.3 Å². The highest BCUT2D eigenvalue weighted by atomic mass is 16.5. The fourth-order valence-electron chi connectivity index (χ4n) is 1.47. The van der Waals surface area contributed by atoms with Crippen molar-refractivity contribution in [3.63, 3.8) is 0 Å². The first kappa shape index (κ1) is 14.2. The van der Waals surface area contributed by atoms with Gasteiger partial charge >= 0.3 is 6.09 Å². The lowest BCUT2D eigenvalue weighted by atomic mass is 10.0. The van der Waals surface area contributed by atoms with Crippen molar-refractivity contribution in [1.82, 2.24) is 5.32 Å². The topological polar surface area (TPSA) is 55.4 Å². The van der Waals surface area contributed by atoms with Gasteiger partial charge in [-0.3, -0.25) is 0 Å².